The highest BCUT2D eigenvalue weighted by Crippen LogP contribution is 2.17. The first-order valence-electron chi connectivity index (χ1n) is 5.33. The Kier molecular flexibility index (Phi) is 3.65. The fraction of sp³-hybridized carbons (Fsp3) is 0. The smallest absolute Gasteiger partial charge is 0.273 e. The molecule has 0 saturated heterocycles. The highest BCUT2D eigenvalue weighted by molar-refractivity contribution is 6.04. The van der Waals surface area contributed by atoms with Gasteiger partial charge in [0.05, 0.1) is 22.9 Å². The Bertz CT molecular complexity index is 674. The van der Waals surface area contributed by atoms with Crippen LogP contribution in [-0.2, 0) is 0 Å². The number of nitrogens with zero attached hydrogens (tertiary/aromatic N) is 2. The van der Waals surface area contributed by atoms with Crippen molar-refractivity contribution in [2.24, 2.45) is 0 Å². The van der Waals surface area contributed by atoms with Crippen molar-refractivity contribution in [3.05, 3.63) is 64.0 Å². The van der Waals surface area contributed by atoms with Crippen molar-refractivity contribution in [2.45, 2.75) is 0 Å². The number of hydrogen-bond acceptors (Lipinski definition) is 4. The molecular formula is C12H7F2N3O3. The number of carbonyl (C=O) groups excluding carboxylic acids is 1. The molecule has 1 N–H and O–H groups in total. The Labute approximate surface area is 111 Å². The van der Waals surface area contributed by atoms with Crippen molar-refractivity contribution in [3.63, 3.8) is 0 Å². The van der Waals surface area contributed by atoms with Gasteiger partial charge in [-0.3, -0.25) is 14.9 Å². The number of pyridine rings is 1. The summed E-state index contributed by atoms with van der Waals surface area (Å²) in [7, 11) is 0. The lowest BCUT2D eigenvalue weighted by molar-refractivity contribution is -0.385. The number of carbonyl (C=O) groups is 1. The molecule has 0 fully saturated rings. The normalized spacial score (nSPS) is 10.1. The van der Waals surface area contributed by atoms with Crippen LogP contribution in [0.1, 0.15) is 10.4 Å². The van der Waals surface area contributed by atoms with Gasteiger partial charge in [0.2, 0.25) is 5.95 Å². The maximum absolute atomic E-state index is 13.2. The summed E-state index contributed by atoms with van der Waals surface area (Å²) >= 11 is 0. The van der Waals surface area contributed by atoms with E-state index in [1.165, 1.54) is 6.07 Å². The quantitative estimate of drug-likeness (QED) is 0.531. The van der Waals surface area contributed by atoms with Crippen LogP contribution in [0.15, 0.2) is 36.5 Å². The minimum atomic E-state index is -0.901. The van der Waals surface area contributed by atoms with E-state index in [4.69, 9.17) is 0 Å². The number of benzene rings is 1. The number of non-ortho nitro benzene ring substituents is 1. The van der Waals surface area contributed by atoms with Crippen LogP contribution in [0.4, 0.5) is 20.2 Å². The van der Waals surface area contributed by atoms with Gasteiger partial charge in [0.1, 0.15) is 5.82 Å². The van der Waals surface area contributed by atoms with Crippen LogP contribution >= 0.6 is 0 Å². The summed E-state index contributed by atoms with van der Waals surface area (Å²) < 4.78 is 25.8. The Balaban J connectivity index is 2.25. The van der Waals surface area contributed by atoms with E-state index in [0.29, 0.717) is 6.07 Å². The van der Waals surface area contributed by atoms with Crippen LogP contribution in [0, 0.1) is 21.9 Å². The second-order valence-corrected chi connectivity index (χ2v) is 3.78. The second-order valence-electron chi connectivity index (χ2n) is 3.78. The monoisotopic (exact) mass is 279 g/mol. The number of amides is 1. The molecule has 1 aromatic heterocycles. The molecule has 0 atom stereocenters. The molecule has 0 spiro atoms. The zero-order valence-corrected chi connectivity index (χ0v) is 9.84. The maximum atomic E-state index is 13.2. The molecule has 20 heavy (non-hydrogen) atoms. The zero-order valence-electron chi connectivity index (χ0n) is 9.84. The van der Waals surface area contributed by atoms with Crippen molar-refractivity contribution in [3.8, 4) is 0 Å². The van der Waals surface area contributed by atoms with E-state index < -0.39 is 28.3 Å². The van der Waals surface area contributed by atoms with Gasteiger partial charge in [-0.15, -0.1) is 0 Å². The van der Waals surface area contributed by atoms with Crippen LogP contribution in [0.3, 0.4) is 0 Å². The summed E-state index contributed by atoms with van der Waals surface area (Å²) in [5.74, 6) is -2.38. The molecule has 1 aromatic carbocycles. The Morgan fingerprint density at radius 3 is 2.60 bits per heavy atom. The summed E-state index contributed by atoms with van der Waals surface area (Å²) in [6.07, 6.45) is 1.07. The number of aromatic nitrogens is 1. The summed E-state index contributed by atoms with van der Waals surface area (Å²) in [4.78, 5) is 24.9. The van der Waals surface area contributed by atoms with Gasteiger partial charge in [-0.25, -0.2) is 9.37 Å². The van der Waals surface area contributed by atoms with Crippen molar-refractivity contribution in [1.82, 2.24) is 4.98 Å². The molecule has 0 aliphatic carbocycles. The van der Waals surface area contributed by atoms with Gasteiger partial charge in [-0.1, -0.05) is 0 Å². The molecule has 0 radical (unpaired) electrons. The molecule has 8 heteroatoms. The minimum absolute atomic E-state index is 0.184. The molecular weight excluding hydrogens is 272 g/mol. The summed E-state index contributed by atoms with van der Waals surface area (Å²) in [6.45, 7) is 0. The van der Waals surface area contributed by atoms with Crippen molar-refractivity contribution >= 4 is 17.3 Å². The largest absolute Gasteiger partial charge is 0.321 e. The lowest BCUT2D eigenvalue weighted by atomic mass is 10.2. The lowest BCUT2D eigenvalue weighted by Crippen LogP contribution is -2.12. The molecule has 102 valence electrons. The third kappa shape index (κ3) is 3.10. The molecule has 0 aliphatic heterocycles. The van der Waals surface area contributed by atoms with E-state index in [1.54, 1.807) is 0 Å². The van der Waals surface area contributed by atoms with Gasteiger partial charge >= 0.3 is 0 Å². The number of anilines is 1. The molecule has 0 aliphatic rings. The van der Waals surface area contributed by atoms with E-state index in [1.807, 2.05) is 0 Å². The molecule has 0 saturated carbocycles. The van der Waals surface area contributed by atoms with E-state index >= 15 is 0 Å². The first-order chi connectivity index (χ1) is 9.45. The molecule has 1 heterocycles. The first kappa shape index (κ1) is 13.5. The van der Waals surface area contributed by atoms with Gasteiger partial charge in [0.25, 0.3) is 11.6 Å². The van der Waals surface area contributed by atoms with Crippen molar-refractivity contribution in [1.29, 1.82) is 0 Å². The molecule has 6 nitrogen and oxygen atoms in total. The first-order valence-corrected chi connectivity index (χ1v) is 5.33. The number of rotatable bonds is 3. The van der Waals surface area contributed by atoms with E-state index in [2.05, 4.69) is 10.3 Å². The standard InChI is InChI=1S/C12H7F2N3O3/c13-8-3-7(4-10(5-8)17(19)20)12(18)16-9-1-2-11(14)15-6-9/h1-6H,(H,16,18). The van der Waals surface area contributed by atoms with E-state index in [0.717, 1.165) is 24.4 Å². The highest BCUT2D eigenvalue weighted by Gasteiger charge is 2.15. The second kappa shape index (κ2) is 5.39. The number of nitro groups is 1. The minimum Gasteiger partial charge on any atom is -0.321 e. The maximum Gasteiger partial charge on any atom is 0.273 e. The summed E-state index contributed by atoms with van der Waals surface area (Å²) in [5.41, 5.74) is -0.572. The van der Waals surface area contributed by atoms with Crippen LogP contribution in [0.5, 0.6) is 0 Å². The fourth-order valence-electron chi connectivity index (χ4n) is 1.46. The lowest BCUT2D eigenvalue weighted by Gasteiger charge is -2.05. The third-order valence-corrected chi connectivity index (χ3v) is 2.34. The Hall–Kier alpha value is -2.90. The summed E-state index contributed by atoms with van der Waals surface area (Å²) in [5, 5.41) is 12.9. The van der Waals surface area contributed by atoms with Crippen molar-refractivity contribution in [2.75, 3.05) is 5.32 Å². The Morgan fingerprint density at radius 2 is 2.00 bits per heavy atom. The highest BCUT2D eigenvalue weighted by atomic mass is 19.1. The molecule has 2 rings (SSSR count). The van der Waals surface area contributed by atoms with Crippen LogP contribution in [0.2, 0.25) is 0 Å². The number of hydrogen-bond donors (Lipinski definition) is 1. The number of nitro benzene ring substituents is 1. The van der Waals surface area contributed by atoms with Gasteiger partial charge in [0, 0.05) is 11.6 Å². The van der Waals surface area contributed by atoms with Crippen LogP contribution in [0.25, 0.3) is 0 Å². The number of halogens is 2. The molecule has 0 bridgehead atoms. The predicted octanol–water partition coefficient (Wildman–Crippen LogP) is 2.52. The van der Waals surface area contributed by atoms with Crippen LogP contribution < -0.4 is 5.32 Å². The van der Waals surface area contributed by atoms with Crippen molar-refractivity contribution < 1.29 is 18.5 Å². The van der Waals surface area contributed by atoms with Gasteiger partial charge in [-0.2, -0.15) is 4.39 Å². The van der Waals surface area contributed by atoms with Gasteiger partial charge in [-0.05, 0) is 18.2 Å². The molecule has 2 aromatic rings. The third-order valence-electron chi connectivity index (χ3n) is 2.34. The average molecular weight is 279 g/mol. The van der Waals surface area contributed by atoms with E-state index in [9.17, 15) is 23.7 Å². The van der Waals surface area contributed by atoms with E-state index in [-0.39, 0.29) is 11.3 Å². The topological polar surface area (TPSA) is 85.1 Å². The Morgan fingerprint density at radius 1 is 1.25 bits per heavy atom. The SMILES string of the molecule is O=C(Nc1ccc(F)nc1)c1cc(F)cc([N+](=O)[O-])c1. The molecule has 0 unspecified atom stereocenters. The predicted molar refractivity (Wildman–Crippen MR) is 65.2 cm³/mol. The molecule has 1 amide bonds. The van der Waals surface area contributed by atoms with Gasteiger partial charge in [0.15, 0.2) is 0 Å². The fourth-order valence-corrected chi connectivity index (χ4v) is 1.46. The van der Waals surface area contributed by atoms with Crippen LogP contribution in [-0.4, -0.2) is 15.8 Å². The summed E-state index contributed by atoms with van der Waals surface area (Å²) in [6, 6.07) is 4.79. The van der Waals surface area contributed by atoms with Gasteiger partial charge < -0.3 is 5.32 Å². The number of nitrogens with one attached hydrogen (secondary N) is 1. The zero-order chi connectivity index (χ0) is 14.7. The average Bonchev–Trinajstić information content (AvgIpc) is 2.40.